The highest BCUT2D eigenvalue weighted by atomic mass is 35.5. The van der Waals surface area contributed by atoms with E-state index in [2.05, 4.69) is 9.97 Å². The van der Waals surface area contributed by atoms with Gasteiger partial charge in [-0.2, -0.15) is 0 Å². The van der Waals surface area contributed by atoms with Gasteiger partial charge in [0, 0.05) is 47.7 Å². The maximum Gasteiger partial charge on any atom is 0.261 e. The summed E-state index contributed by atoms with van der Waals surface area (Å²) in [5, 5.41) is 1.06. The molecular formula is C24H22ClN5O3S. The Morgan fingerprint density at radius 1 is 1.06 bits per heavy atom. The van der Waals surface area contributed by atoms with Gasteiger partial charge in [-0.05, 0) is 43.2 Å². The molecule has 0 unspecified atom stereocenters. The topological polar surface area (TPSA) is 98.1 Å². The van der Waals surface area contributed by atoms with Crippen molar-refractivity contribution in [1.29, 1.82) is 0 Å². The maximum atomic E-state index is 13.7. The first-order valence-electron chi connectivity index (χ1n) is 10.8. The lowest BCUT2D eigenvalue weighted by atomic mass is 10.0. The Labute approximate surface area is 201 Å². The monoisotopic (exact) mass is 495 g/mol. The number of aromatic nitrogens is 4. The second-order valence-electron chi connectivity index (χ2n) is 8.35. The van der Waals surface area contributed by atoms with Crippen molar-refractivity contribution in [2.24, 2.45) is 0 Å². The van der Waals surface area contributed by atoms with E-state index in [0.717, 1.165) is 11.1 Å². The Balaban J connectivity index is 1.64. The molecule has 0 saturated carbocycles. The molecule has 1 aliphatic rings. The number of piperidine rings is 1. The van der Waals surface area contributed by atoms with E-state index >= 15 is 0 Å². The standard InChI is InChI=1S/C24H22ClN5O3S/c1-34(32,33)29-11-8-19(9-12-29)30-15-27-23-20(24(30)31)13-21(16-4-6-18(25)7-5-16)28-22(23)17-3-2-10-26-14-17/h2-7,10,13-15,19H,8-9,11-12H2,1H3. The van der Waals surface area contributed by atoms with E-state index in [1.807, 2.05) is 24.3 Å². The minimum Gasteiger partial charge on any atom is -0.296 e. The largest absolute Gasteiger partial charge is 0.296 e. The van der Waals surface area contributed by atoms with Crippen LogP contribution in [-0.4, -0.2) is 51.6 Å². The zero-order chi connectivity index (χ0) is 23.9. The lowest BCUT2D eigenvalue weighted by Crippen LogP contribution is -2.40. The molecule has 0 amide bonds. The molecular weight excluding hydrogens is 474 g/mol. The van der Waals surface area contributed by atoms with Gasteiger partial charge < -0.3 is 0 Å². The number of pyridine rings is 2. The minimum atomic E-state index is -3.25. The molecule has 4 aromatic rings. The lowest BCUT2D eigenvalue weighted by Gasteiger charge is -2.31. The number of halogens is 1. The highest BCUT2D eigenvalue weighted by Crippen LogP contribution is 2.30. The molecule has 3 aromatic heterocycles. The lowest BCUT2D eigenvalue weighted by molar-refractivity contribution is 0.271. The van der Waals surface area contributed by atoms with Gasteiger partial charge in [0.25, 0.3) is 5.56 Å². The molecule has 1 saturated heterocycles. The molecule has 1 aromatic carbocycles. The van der Waals surface area contributed by atoms with Crippen molar-refractivity contribution < 1.29 is 8.42 Å². The third kappa shape index (κ3) is 4.34. The molecule has 10 heteroatoms. The van der Waals surface area contributed by atoms with Crippen LogP contribution in [0.25, 0.3) is 33.4 Å². The Kier molecular flexibility index (Phi) is 5.93. The summed E-state index contributed by atoms with van der Waals surface area (Å²) in [5.41, 5.74) is 3.12. The van der Waals surface area contributed by atoms with Crippen molar-refractivity contribution in [2.45, 2.75) is 18.9 Å². The molecule has 5 rings (SSSR count). The zero-order valence-electron chi connectivity index (χ0n) is 18.4. The average molecular weight is 496 g/mol. The van der Waals surface area contributed by atoms with Gasteiger partial charge in [-0.3, -0.25) is 14.3 Å². The first-order valence-corrected chi connectivity index (χ1v) is 13.1. The summed E-state index contributed by atoms with van der Waals surface area (Å²) in [6.07, 6.45) is 7.23. The predicted molar refractivity (Wildman–Crippen MR) is 132 cm³/mol. The summed E-state index contributed by atoms with van der Waals surface area (Å²) in [4.78, 5) is 27.3. The molecule has 0 atom stereocenters. The van der Waals surface area contributed by atoms with Crippen molar-refractivity contribution in [3.63, 3.8) is 0 Å². The third-order valence-electron chi connectivity index (χ3n) is 6.13. The van der Waals surface area contributed by atoms with Gasteiger partial charge in [-0.25, -0.2) is 22.7 Å². The molecule has 0 aliphatic carbocycles. The van der Waals surface area contributed by atoms with Crippen LogP contribution in [0.5, 0.6) is 0 Å². The van der Waals surface area contributed by atoms with Crippen LogP contribution in [0.15, 0.2) is 66.0 Å². The van der Waals surface area contributed by atoms with Crippen LogP contribution in [0, 0.1) is 0 Å². The van der Waals surface area contributed by atoms with Crippen LogP contribution in [0.1, 0.15) is 18.9 Å². The summed E-state index contributed by atoms with van der Waals surface area (Å²) in [6, 6.07) is 12.6. The van der Waals surface area contributed by atoms with Gasteiger partial charge in [0.05, 0.1) is 29.4 Å². The van der Waals surface area contributed by atoms with Crippen molar-refractivity contribution in [2.75, 3.05) is 19.3 Å². The smallest absolute Gasteiger partial charge is 0.261 e. The first-order chi connectivity index (χ1) is 16.3. The normalized spacial score (nSPS) is 15.6. The minimum absolute atomic E-state index is 0.128. The Morgan fingerprint density at radius 2 is 1.79 bits per heavy atom. The fourth-order valence-electron chi connectivity index (χ4n) is 4.33. The number of benzene rings is 1. The number of hydrogen-bond donors (Lipinski definition) is 0. The van der Waals surface area contributed by atoms with E-state index < -0.39 is 10.0 Å². The Hall–Kier alpha value is -3.14. The second-order valence-corrected chi connectivity index (χ2v) is 10.8. The molecule has 4 heterocycles. The quantitative estimate of drug-likeness (QED) is 0.427. The number of rotatable bonds is 4. The van der Waals surface area contributed by atoms with Crippen LogP contribution in [0.2, 0.25) is 5.02 Å². The van der Waals surface area contributed by atoms with Gasteiger partial charge in [0.15, 0.2) is 0 Å². The molecule has 0 radical (unpaired) electrons. The fraction of sp³-hybridized carbons (Fsp3) is 0.250. The van der Waals surface area contributed by atoms with E-state index in [0.29, 0.717) is 53.2 Å². The molecule has 0 bridgehead atoms. The summed E-state index contributed by atoms with van der Waals surface area (Å²) in [5.74, 6) is 0. The van der Waals surface area contributed by atoms with Crippen LogP contribution in [0.4, 0.5) is 0 Å². The average Bonchev–Trinajstić information content (AvgIpc) is 2.84. The summed E-state index contributed by atoms with van der Waals surface area (Å²) in [6.45, 7) is 0.753. The third-order valence-corrected chi connectivity index (χ3v) is 7.68. The van der Waals surface area contributed by atoms with Crippen molar-refractivity contribution in [3.8, 4) is 22.5 Å². The Bertz CT molecular complexity index is 1510. The Morgan fingerprint density at radius 3 is 2.44 bits per heavy atom. The number of sulfonamides is 1. The molecule has 34 heavy (non-hydrogen) atoms. The summed E-state index contributed by atoms with van der Waals surface area (Å²) >= 11 is 6.06. The number of nitrogens with zero attached hydrogens (tertiary/aromatic N) is 5. The van der Waals surface area contributed by atoms with E-state index in [1.165, 1.54) is 10.6 Å². The second kappa shape index (κ2) is 8.90. The van der Waals surface area contributed by atoms with E-state index in [-0.39, 0.29) is 11.6 Å². The number of fused-ring (bicyclic) bond motifs is 1. The molecule has 8 nitrogen and oxygen atoms in total. The van der Waals surface area contributed by atoms with E-state index in [4.69, 9.17) is 16.6 Å². The van der Waals surface area contributed by atoms with Gasteiger partial charge in [-0.15, -0.1) is 0 Å². The number of hydrogen-bond acceptors (Lipinski definition) is 6. The van der Waals surface area contributed by atoms with Crippen LogP contribution < -0.4 is 5.56 Å². The zero-order valence-corrected chi connectivity index (χ0v) is 20.0. The summed E-state index contributed by atoms with van der Waals surface area (Å²) < 4.78 is 26.8. The first kappa shape index (κ1) is 22.6. The van der Waals surface area contributed by atoms with Crippen molar-refractivity contribution >= 4 is 32.5 Å². The predicted octanol–water partition coefficient (Wildman–Crippen LogP) is 3.77. The summed E-state index contributed by atoms with van der Waals surface area (Å²) in [7, 11) is -3.25. The molecule has 1 fully saturated rings. The van der Waals surface area contributed by atoms with Crippen LogP contribution in [-0.2, 0) is 10.0 Å². The van der Waals surface area contributed by atoms with Gasteiger partial charge in [0.2, 0.25) is 10.0 Å². The van der Waals surface area contributed by atoms with E-state index in [9.17, 15) is 13.2 Å². The highest BCUT2D eigenvalue weighted by Gasteiger charge is 2.27. The molecule has 1 aliphatic heterocycles. The fourth-order valence-corrected chi connectivity index (χ4v) is 5.33. The van der Waals surface area contributed by atoms with Gasteiger partial charge >= 0.3 is 0 Å². The molecule has 174 valence electrons. The van der Waals surface area contributed by atoms with Gasteiger partial charge in [-0.1, -0.05) is 23.7 Å². The van der Waals surface area contributed by atoms with Crippen LogP contribution >= 0.6 is 11.6 Å². The highest BCUT2D eigenvalue weighted by molar-refractivity contribution is 7.88. The van der Waals surface area contributed by atoms with Crippen LogP contribution in [0.3, 0.4) is 0 Å². The molecule has 0 N–H and O–H groups in total. The SMILES string of the molecule is CS(=O)(=O)N1CCC(n2cnc3c(-c4cccnc4)nc(-c4ccc(Cl)cc4)cc3c2=O)CC1. The van der Waals surface area contributed by atoms with Gasteiger partial charge in [0.1, 0.15) is 5.52 Å². The van der Waals surface area contributed by atoms with Crippen molar-refractivity contribution in [3.05, 3.63) is 76.6 Å². The maximum absolute atomic E-state index is 13.7. The van der Waals surface area contributed by atoms with E-state index in [1.54, 1.807) is 41.5 Å². The van der Waals surface area contributed by atoms with Crippen molar-refractivity contribution in [1.82, 2.24) is 23.8 Å². The molecule has 0 spiro atoms.